The Morgan fingerprint density at radius 1 is 0.431 bits per heavy atom. The van der Waals surface area contributed by atoms with E-state index in [1.54, 1.807) is 0 Å². The number of hydrogen-bond donors (Lipinski definition) is 0. The molecule has 0 radical (unpaired) electrons. The van der Waals surface area contributed by atoms with E-state index in [1.165, 1.54) is 24.3 Å². The van der Waals surface area contributed by atoms with Crippen LogP contribution in [0.4, 0.5) is 0 Å². The second-order valence-electron chi connectivity index (χ2n) is 11.3. The predicted octanol–water partition coefficient (Wildman–Crippen LogP) is 13.1. The van der Waals surface area contributed by atoms with E-state index in [-0.39, 0.29) is 45.3 Å². The lowest BCUT2D eigenvalue weighted by molar-refractivity contribution is 0.670. The topological polar surface area (TPSA) is 23.0 Å². The zero-order chi connectivity index (χ0) is 56.1. The van der Waals surface area contributed by atoms with Crippen LogP contribution in [0.3, 0.4) is 0 Å². The largest absolute Gasteiger partial charge is 0.455 e. The molecule has 0 N–H and O–H groups in total. The van der Waals surface area contributed by atoms with E-state index < -0.39 is 211 Å². The lowest BCUT2D eigenvalue weighted by Gasteiger charge is -2.10. The monoisotopic (exact) mass is 676 g/mol. The van der Waals surface area contributed by atoms with Gasteiger partial charge in [-0.3, -0.25) is 0 Å². The van der Waals surface area contributed by atoms with Crippen molar-refractivity contribution < 1.29 is 40.1 Å². The summed E-state index contributed by atoms with van der Waals surface area (Å²) < 4.78 is 241. The number of aromatic nitrogens is 2. The van der Waals surface area contributed by atoms with Gasteiger partial charge in [0.2, 0.25) is 0 Å². The van der Waals surface area contributed by atoms with E-state index in [9.17, 15) is 11.0 Å². The third kappa shape index (κ3) is 4.12. The van der Waals surface area contributed by atoms with E-state index in [4.69, 9.17) is 29.1 Å². The maximum absolute atomic E-state index is 9.95. The Bertz CT molecular complexity index is 4590. The molecule has 0 atom stereocenters. The molecular formula is C48H30N2O. The van der Waals surface area contributed by atoms with Crippen molar-refractivity contribution in [3.63, 3.8) is 0 Å². The number of rotatable bonds is 4. The molecule has 0 aliphatic carbocycles. The summed E-state index contributed by atoms with van der Waals surface area (Å²) in [6.07, 6.45) is 0. The molecule has 11 aromatic rings. The van der Waals surface area contributed by atoms with Gasteiger partial charge in [-0.1, -0.05) is 121 Å². The fourth-order valence-corrected chi connectivity index (χ4v) is 6.55. The van der Waals surface area contributed by atoms with Gasteiger partial charge in [0.15, 0.2) is 0 Å². The first-order valence-corrected chi connectivity index (χ1v) is 15.3. The Morgan fingerprint density at radius 3 is 1.73 bits per heavy atom. The third-order valence-corrected chi connectivity index (χ3v) is 8.63. The highest BCUT2D eigenvalue weighted by molar-refractivity contribution is 6.17. The molecule has 11 rings (SSSR count). The molecule has 0 spiro atoms. The van der Waals surface area contributed by atoms with Gasteiger partial charge in [0.1, 0.15) is 11.2 Å². The molecule has 0 fully saturated rings. The van der Waals surface area contributed by atoms with Gasteiger partial charge in [-0.2, -0.15) is 0 Å². The normalized spacial score (nSPS) is 19.1. The van der Waals surface area contributed by atoms with Crippen molar-refractivity contribution in [1.82, 2.24) is 9.13 Å². The Labute approximate surface area is 330 Å². The average molecular weight is 677 g/mol. The standard InChI is InChI=1S/C48H30N2O/c1-3-13-31(14-4-1)35-19-11-20-38-47-45(23-12-24-46(47)51-48(35)38)50-42-22-10-8-18-37(42)40-30-33(26-28-44(40)50)32-25-27-43-39(29-32)36-17-7-9-21-41(36)49(43)34-15-5-2-6-16-34/h1-30H/i1D,2D,3D,4D,5D,6D,7D,8D,9D,10D,12D,13D,14D,15D,16D,17D,18D,19D,21D,22D,25D,26D,27D,28D,29D,30D. The van der Waals surface area contributed by atoms with Gasteiger partial charge in [-0.25, -0.2) is 0 Å². The highest BCUT2D eigenvalue weighted by Crippen LogP contribution is 2.42. The van der Waals surface area contributed by atoms with Gasteiger partial charge in [0, 0.05) is 38.2 Å². The predicted molar refractivity (Wildman–Crippen MR) is 213 cm³/mol. The number of benzene rings is 8. The molecule has 0 saturated heterocycles. The molecule has 51 heavy (non-hydrogen) atoms. The second kappa shape index (κ2) is 10.8. The minimum absolute atomic E-state index is 0.0450. The summed E-state index contributed by atoms with van der Waals surface area (Å²) in [7, 11) is 0. The van der Waals surface area contributed by atoms with Crippen LogP contribution in [0.1, 0.15) is 35.6 Å². The maximum Gasteiger partial charge on any atom is 0.143 e. The van der Waals surface area contributed by atoms with Gasteiger partial charge >= 0.3 is 0 Å². The van der Waals surface area contributed by atoms with Gasteiger partial charge in [-0.15, -0.1) is 0 Å². The summed E-state index contributed by atoms with van der Waals surface area (Å²) in [4.78, 5) is 0. The Morgan fingerprint density at radius 2 is 1.02 bits per heavy atom. The van der Waals surface area contributed by atoms with Crippen LogP contribution in [-0.2, 0) is 0 Å². The number of para-hydroxylation sites is 4. The fraction of sp³-hybridized carbons (Fsp3) is 0. The molecule has 0 bridgehead atoms. The molecule has 0 aliphatic rings. The molecule has 0 unspecified atom stereocenters. The van der Waals surface area contributed by atoms with Crippen LogP contribution in [-0.4, -0.2) is 9.13 Å². The Balaban J connectivity index is 1.31. The van der Waals surface area contributed by atoms with Gasteiger partial charge in [0.25, 0.3) is 0 Å². The van der Waals surface area contributed by atoms with Crippen molar-refractivity contribution in [2.45, 2.75) is 0 Å². The number of hydrogen-bond acceptors (Lipinski definition) is 1. The summed E-state index contributed by atoms with van der Waals surface area (Å²) in [6, 6.07) is -15.0. The van der Waals surface area contributed by atoms with E-state index in [0.717, 1.165) is 9.13 Å². The lowest BCUT2D eigenvalue weighted by Crippen LogP contribution is -1.94. The number of fused-ring (bicyclic) bond motifs is 9. The van der Waals surface area contributed by atoms with Crippen LogP contribution < -0.4 is 0 Å². The molecule has 3 heterocycles. The van der Waals surface area contributed by atoms with Crippen molar-refractivity contribution in [3.05, 3.63) is 181 Å². The second-order valence-corrected chi connectivity index (χ2v) is 11.3. The highest BCUT2D eigenvalue weighted by atomic mass is 16.3. The van der Waals surface area contributed by atoms with Crippen molar-refractivity contribution in [2.75, 3.05) is 0 Å². The van der Waals surface area contributed by atoms with E-state index >= 15 is 0 Å². The van der Waals surface area contributed by atoms with E-state index in [0.29, 0.717) is 0 Å². The van der Waals surface area contributed by atoms with Crippen molar-refractivity contribution in [1.29, 1.82) is 0 Å². The minimum atomic E-state index is -0.960. The zero-order valence-corrected chi connectivity index (χ0v) is 25.6. The molecule has 0 amide bonds. The average Bonchev–Trinajstić information content (AvgIpc) is 4.21. The van der Waals surface area contributed by atoms with Crippen molar-refractivity contribution in [2.24, 2.45) is 0 Å². The van der Waals surface area contributed by atoms with Crippen LogP contribution in [0, 0.1) is 0 Å². The first-order chi connectivity index (χ1) is 36.1. The Kier molecular flexibility index (Phi) is 2.72. The summed E-state index contributed by atoms with van der Waals surface area (Å²) in [5, 5.41) is -1.78. The van der Waals surface area contributed by atoms with Crippen LogP contribution in [0.15, 0.2) is 186 Å². The van der Waals surface area contributed by atoms with Crippen LogP contribution in [0.2, 0.25) is 0 Å². The fourth-order valence-electron chi connectivity index (χ4n) is 6.55. The van der Waals surface area contributed by atoms with Gasteiger partial charge < -0.3 is 13.6 Å². The Hall–Kier alpha value is -6.84. The maximum atomic E-state index is 9.95. The number of furan rings is 1. The molecule has 3 nitrogen and oxygen atoms in total. The highest BCUT2D eigenvalue weighted by Gasteiger charge is 2.20. The SMILES string of the molecule is [2H]c1cc(-n2c3c([2H])c([2H])c([2H])c([2H])c3c3c([2H])c(-c4c([2H])c([2H])c5c(c4[2H])c4c([2H])c([2H])c([2H])c([2H])c4n5-c4c([2H])c([2H])c([2H])c([2H])c4[2H])c([2H])c([2H])c32)c2c(c1)oc1c(-c3c([2H])c([2H])c([2H])c([2H])c3[2H])c([2H])ccc12. The summed E-state index contributed by atoms with van der Waals surface area (Å²) in [6.45, 7) is 0. The molecule has 8 aromatic carbocycles. The third-order valence-electron chi connectivity index (χ3n) is 8.63. The van der Waals surface area contributed by atoms with Crippen LogP contribution in [0.5, 0.6) is 0 Å². The van der Waals surface area contributed by atoms with Crippen LogP contribution in [0.25, 0.3) is 99.2 Å². The molecule has 238 valence electrons. The molecule has 0 saturated carbocycles. The zero-order valence-electron chi connectivity index (χ0n) is 51.6. The summed E-state index contributed by atoms with van der Waals surface area (Å²) in [5.41, 5.74) is -5.20. The minimum Gasteiger partial charge on any atom is -0.455 e. The summed E-state index contributed by atoms with van der Waals surface area (Å²) in [5.74, 6) is 0. The molecule has 3 heteroatoms. The van der Waals surface area contributed by atoms with E-state index in [1.807, 2.05) is 0 Å². The summed E-state index contributed by atoms with van der Waals surface area (Å²) >= 11 is 0. The molecular weight excluding hydrogens is 621 g/mol. The van der Waals surface area contributed by atoms with E-state index in [2.05, 4.69) is 0 Å². The van der Waals surface area contributed by atoms with Gasteiger partial charge in [-0.05, 0) is 77.2 Å². The van der Waals surface area contributed by atoms with Gasteiger partial charge in [0.05, 0.1) is 68.8 Å². The van der Waals surface area contributed by atoms with Crippen LogP contribution >= 0.6 is 0 Å². The number of nitrogens with zero attached hydrogens (tertiary/aromatic N) is 2. The molecule has 0 aliphatic heterocycles. The quantitative estimate of drug-likeness (QED) is 0.182. The smallest absolute Gasteiger partial charge is 0.143 e. The van der Waals surface area contributed by atoms with Crippen molar-refractivity contribution in [3.8, 4) is 33.6 Å². The first kappa shape index (κ1) is 12.8. The molecule has 3 aromatic heterocycles. The first-order valence-electron chi connectivity index (χ1n) is 28.3. The lowest BCUT2D eigenvalue weighted by atomic mass is 10.0. The van der Waals surface area contributed by atoms with Crippen molar-refractivity contribution >= 4 is 65.6 Å².